The van der Waals surface area contributed by atoms with Crippen molar-refractivity contribution in [3.05, 3.63) is 64.7 Å². The number of benzene rings is 2. The van der Waals surface area contributed by atoms with E-state index >= 15 is 0 Å². The Morgan fingerprint density at radius 1 is 1.04 bits per heavy atom. The first-order chi connectivity index (χ1) is 11.8. The first-order valence-corrected chi connectivity index (χ1v) is 8.17. The van der Waals surface area contributed by atoms with Crippen molar-refractivity contribution < 1.29 is 4.79 Å². The van der Waals surface area contributed by atoms with E-state index in [1.54, 1.807) is 22.8 Å². The van der Waals surface area contributed by atoms with Crippen molar-refractivity contribution in [3.63, 3.8) is 0 Å². The Morgan fingerprint density at radius 3 is 2.32 bits per heavy atom. The highest BCUT2D eigenvalue weighted by molar-refractivity contribution is 5.94. The summed E-state index contributed by atoms with van der Waals surface area (Å²) >= 11 is 0. The topological polar surface area (TPSA) is 64.0 Å². The van der Waals surface area contributed by atoms with Crippen LogP contribution in [-0.4, -0.2) is 15.5 Å². The van der Waals surface area contributed by atoms with Gasteiger partial charge in [0.25, 0.3) is 5.56 Å². The Balaban J connectivity index is 2.00. The molecule has 1 heterocycles. The molecule has 0 bridgehead atoms. The average Bonchev–Trinajstić information content (AvgIpc) is 2.55. The van der Waals surface area contributed by atoms with Gasteiger partial charge in [0.15, 0.2) is 0 Å². The molecule has 0 aliphatic heterocycles. The summed E-state index contributed by atoms with van der Waals surface area (Å²) in [6, 6.07) is 14.5. The number of carbonyl (C=O) groups is 1. The second-order valence-electron chi connectivity index (χ2n) is 7.07. The van der Waals surface area contributed by atoms with Crippen LogP contribution in [0.15, 0.2) is 53.3 Å². The van der Waals surface area contributed by atoms with Gasteiger partial charge in [-0.25, -0.2) is 4.98 Å². The van der Waals surface area contributed by atoms with Crippen molar-refractivity contribution in [3.8, 4) is 5.69 Å². The number of rotatable bonds is 2. The smallest absolute Gasteiger partial charge is 0.265 e. The molecule has 5 heteroatoms. The van der Waals surface area contributed by atoms with Crippen molar-refractivity contribution in [1.29, 1.82) is 0 Å². The molecule has 0 radical (unpaired) electrons. The molecule has 25 heavy (non-hydrogen) atoms. The molecule has 0 saturated carbocycles. The van der Waals surface area contributed by atoms with Gasteiger partial charge in [0.1, 0.15) is 5.82 Å². The molecule has 0 unspecified atom stereocenters. The van der Waals surface area contributed by atoms with Crippen molar-refractivity contribution in [2.45, 2.75) is 27.7 Å². The first-order valence-electron chi connectivity index (χ1n) is 8.17. The van der Waals surface area contributed by atoms with Gasteiger partial charge in [-0.15, -0.1) is 0 Å². The zero-order valence-electron chi connectivity index (χ0n) is 14.8. The number of aryl methyl sites for hydroxylation is 1. The molecule has 0 spiro atoms. The minimum Gasteiger partial charge on any atom is -0.326 e. The monoisotopic (exact) mass is 335 g/mol. The molecule has 0 aliphatic carbocycles. The zero-order valence-corrected chi connectivity index (χ0v) is 14.8. The third kappa shape index (κ3) is 3.31. The number of fused-ring (bicyclic) bond motifs is 1. The van der Waals surface area contributed by atoms with E-state index in [9.17, 15) is 9.59 Å². The van der Waals surface area contributed by atoms with E-state index in [0.717, 1.165) is 5.69 Å². The van der Waals surface area contributed by atoms with Gasteiger partial charge >= 0.3 is 0 Å². The van der Waals surface area contributed by atoms with E-state index in [0.29, 0.717) is 22.4 Å². The molecule has 5 nitrogen and oxygen atoms in total. The van der Waals surface area contributed by atoms with Crippen molar-refractivity contribution in [2.75, 3.05) is 5.32 Å². The molecule has 0 fully saturated rings. The molecular weight excluding hydrogens is 314 g/mol. The highest BCUT2D eigenvalue weighted by atomic mass is 16.2. The lowest BCUT2D eigenvalue weighted by molar-refractivity contribution is -0.123. The first kappa shape index (κ1) is 16.9. The molecule has 0 atom stereocenters. The fourth-order valence-electron chi connectivity index (χ4n) is 2.56. The standard InChI is InChI=1S/C20H21N3O2/c1-13-21-17-8-6-5-7-16(17)18(24)23(13)15-11-9-14(10-12-15)22-19(25)20(2,3)4/h5-12H,1-4H3,(H,22,25). The Labute approximate surface area is 146 Å². The molecule has 3 rings (SSSR count). The zero-order chi connectivity index (χ0) is 18.2. The van der Waals surface area contributed by atoms with Gasteiger partial charge in [-0.05, 0) is 43.3 Å². The van der Waals surface area contributed by atoms with E-state index in [-0.39, 0.29) is 11.5 Å². The molecule has 3 aromatic rings. The van der Waals surface area contributed by atoms with Crippen LogP contribution >= 0.6 is 0 Å². The highest BCUT2D eigenvalue weighted by Crippen LogP contribution is 2.19. The summed E-state index contributed by atoms with van der Waals surface area (Å²) in [6.45, 7) is 7.39. The number of amides is 1. The fourth-order valence-corrected chi connectivity index (χ4v) is 2.56. The second-order valence-corrected chi connectivity index (χ2v) is 7.07. The summed E-state index contributed by atoms with van der Waals surface area (Å²) in [5.41, 5.74) is 1.54. The second kappa shape index (κ2) is 6.16. The quantitative estimate of drug-likeness (QED) is 0.777. The maximum absolute atomic E-state index is 12.8. The molecule has 0 aliphatic rings. The maximum atomic E-state index is 12.8. The fraction of sp³-hybridized carbons (Fsp3) is 0.250. The predicted molar refractivity (Wildman–Crippen MR) is 100 cm³/mol. The van der Waals surface area contributed by atoms with E-state index in [4.69, 9.17) is 0 Å². The number of para-hydroxylation sites is 1. The third-order valence-corrected chi connectivity index (χ3v) is 4.01. The van der Waals surface area contributed by atoms with E-state index in [2.05, 4.69) is 10.3 Å². The maximum Gasteiger partial charge on any atom is 0.265 e. The number of aromatic nitrogens is 2. The van der Waals surface area contributed by atoms with Gasteiger partial charge in [0, 0.05) is 11.1 Å². The van der Waals surface area contributed by atoms with Crippen molar-refractivity contribution in [1.82, 2.24) is 9.55 Å². The third-order valence-electron chi connectivity index (χ3n) is 4.01. The normalized spacial score (nSPS) is 11.5. The number of anilines is 1. The summed E-state index contributed by atoms with van der Waals surface area (Å²) in [7, 11) is 0. The summed E-state index contributed by atoms with van der Waals surface area (Å²) in [4.78, 5) is 29.4. The Hall–Kier alpha value is -2.95. The lowest BCUT2D eigenvalue weighted by Crippen LogP contribution is -2.27. The summed E-state index contributed by atoms with van der Waals surface area (Å²) < 4.78 is 1.58. The van der Waals surface area contributed by atoms with Crippen LogP contribution in [0, 0.1) is 12.3 Å². The number of hydrogen-bond acceptors (Lipinski definition) is 3. The van der Waals surface area contributed by atoms with Gasteiger partial charge < -0.3 is 5.32 Å². The molecule has 2 aromatic carbocycles. The van der Waals surface area contributed by atoms with Gasteiger partial charge in [-0.3, -0.25) is 14.2 Å². The number of nitrogens with one attached hydrogen (secondary N) is 1. The number of hydrogen-bond donors (Lipinski definition) is 1. The molecule has 1 aromatic heterocycles. The van der Waals surface area contributed by atoms with Crippen LogP contribution in [0.2, 0.25) is 0 Å². The van der Waals surface area contributed by atoms with E-state index < -0.39 is 5.41 Å². The summed E-state index contributed by atoms with van der Waals surface area (Å²) in [6.07, 6.45) is 0. The lowest BCUT2D eigenvalue weighted by Gasteiger charge is -2.18. The number of nitrogens with zero attached hydrogens (tertiary/aromatic N) is 2. The lowest BCUT2D eigenvalue weighted by atomic mass is 9.95. The average molecular weight is 335 g/mol. The van der Waals surface area contributed by atoms with Crippen molar-refractivity contribution >= 4 is 22.5 Å². The Kier molecular flexibility index (Phi) is 4.17. The van der Waals surface area contributed by atoms with Crippen LogP contribution in [0.3, 0.4) is 0 Å². The van der Waals surface area contributed by atoms with E-state index in [1.165, 1.54) is 0 Å². The molecule has 1 amide bonds. The number of carbonyl (C=O) groups excluding carboxylic acids is 1. The van der Waals surface area contributed by atoms with Crippen LogP contribution in [0.5, 0.6) is 0 Å². The minimum atomic E-state index is -0.464. The van der Waals surface area contributed by atoms with Crippen LogP contribution in [0.4, 0.5) is 5.69 Å². The SMILES string of the molecule is Cc1nc2ccccc2c(=O)n1-c1ccc(NC(=O)C(C)(C)C)cc1. The van der Waals surface area contributed by atoms with Gasteiger partial charge in [-0.1, -0.05) is 32.9 Å². The molecular formula is C20H21N3O2. The van der Waals surface area contributed by atoms with Gasteiger partial charge in [0.05, 0.1) is 16.6 Å². The Morgan fingerprint density at radius 2 is 1.68 bits per heavy atom. The Bertz CT molecular complexity index is 996. The summed E-state index contributed by atoms with van der Waals surface area (Å²) in [5.74, 6) is 0.566. The van der Waals surface area contributed by atoms with Crippen LogP contribution in [-0.2, 0) is 4.79 Å². The van der Waals surface area contributed by atoms with E-state index in [1.807, 2.05) is 58.0 Å². The molecule has 0 saturated heterocycles. The predicted octanol–water partition coefficient (Wildman–Crippen LogP) is 3.68. The van der Waals surface area contributed by atoms with Gasteiger partial charge in [-0.2, -0.15) is 0 Å². The van der Waals surface area contributed by atoms with Crippen LogP contribution in [0.1, 0.15) is 26.6 Å². The van der Waals surface area contributed by atoms with Gasteiger partial charge in [0.2, 0.25) is 5.91 Å². The molecule has 128 valence electrons. The van der Waals surface area contributed by atoms with Crippen LogP contribution < -0.4 is 10.9 Å². The largest absolute Gasteiger partial charge is 0.326 e. The van der Waals surface area contributed by atoms with Crippen LogP contribution in [0.25, 0.3) is 16.6 Å². The molecule has 1 N–H and O–H groups in total. The van der Waals surface area contributed by atoms with Crippen molar-refractivity contribution in [2.24, 2.45) is 5.41 Å². The summed E-state index contributed by atoms with van der Waals surface area (Å²) in [5, 5.41) is 3.46. The minimum absolute atomic E-state index is 0.0547. The highest BCUT2D eigenvalue weighted by Gasteiger charge is 2.21.